The van der Waals surface area contributed by atoms with Crippen LogP contribution in [0.5, 0.6) is 0 Å². The van der Waals surface area contributed by atoms with Gasteiger partial charge in [0, 0.05) is 26.6 Å². The van der Waals surface area contributed by atoms with E-state index in [0.29, 0.717) is 44.5 Å². The molecule has 2 aromatic rings. The van der Waals surface area contributed by atoms with Crippen LogP contribution in [0.2, 0.25) is 0 Å². The van der Waals surface area contributed by atoms with Crippen molar-refractivity contribution in [2.24, 2.45) is 13.0 Å². The molecule has 0 aliphatic carbocycles. The quantitative estimate of drug-likeness (QED) is 0.895. The molecule has 0 spiro atoms. The Kier molecular flexibility index (Phi) is 5.06. The molecule has 0 radical (unpaired) electrons. The van der Waals surface area contributed by atoms with Gasteiger partial charge >= 0.3 is 5.97 Å². The van der Waals surface area contributed by atoms with Gasteiger partial charge in [-0.05, 0) is 43.9 Å². The summed E-state index contributed by atoms with van der Waals surface area (Å²) in [6.45, 7) is 2.71. The Morgan fingerprint density at radius 1 is 1.27 bits per heavy atom. The van der Waals surface area contributed by atoms with Gasteiger partial charge in [-0.1, -0.05) is 6.07 Å². The van der Waals surface area contributed by atoms with E-state index >= 15 is 0 Å². The van der Waals surface area contributed by atoms with Crippen molar-refractivity contribution in [3.05, 3.63) is 39.8 Å². The third kappa shape index (κ3) is 3.61. The highest BCUT2D eigenvalue weighted by Gasteiger charge is 2.26. The van der Waals surface area contributed by atoms with Crippen molar-refractivity contribution < 1.29 is 14.7 Å². The predicted octanol–water partition coefficient (Wildman–Crippen LogP) is 1.50. The largest absolute Gasteiger partial charge is 0.481 e. The molecule has 1 amide bonds. The molecule has 1 fully saturated rings. The summed E-state index contributed by atoms with van der Waals surface area (Å²) in [5, 5.41) is 9.03. The fourth-order valence-corrected chi connectivity index (χ4v) is 3.46. The smallest absolute Gasteiger partial charge is 0.306 e. The van der Waals surface area contributed by atoms with E-state index < -0.39 is 5.97 Å². The number of carbonyl (C=O) groups is 2. The molecule has 7 heteroatoms. The molecule has 138 valence electrons. The maximum Gasteiger partial charge on any atom is 0.306 e. The zero-order chi connectivity index (χ0) is 18.8. The summed E-state index contributed by atoms with van der Waals surface area (Å²) >= 11 is 0. The van der Waals surface area contributed by atoms with Crippen LogP contribution in [0.15, 0.2) is 23.0 Å². The monoisotopic (exact) mass is 357 g/mol. The molecule has 1 aliphatic rings. The standard InChI is InChI=1S/C19H23N3O4/c1-12-18(24)21(2)16-5-3-13(11-15(16)20-12)4-6-17(23)22-9-7-14(8-10-22)19(25)26/h3,5,11,14H,4,6-10H2,1-2H3,(H,25,26). The van der Waals surface area contributed by atoms with Crippen LogP contribution in [-0.4, -0.2) is 44.5 Å². The Morgan fingerprint density at radius 3 is 2.62 bits per heavy atom. The van der Waals surface area contributed by atoms with Gasteiger partial charge in [-0.3, -0.25) is 14.4 Å². The predicted molar refractivity (Wildman–Crippen MR) is 97.0 cm³/mol. The molecule has 1 N–H and O–H groups in total. The highest BCUT2D eigenvalue weighted by molar-refractivity contribution is 5.78. The SMILES string of the molecule is Cc1nc2cc(CCC(=O)N3CCC(C(=O)O)CC3)ccc2n(C)c1=O. The Morgan fingerprint density at radius 2 is 1.96 bits per heavy atom. The number of aromatic nitrogens is 2. The van der Waals surface area contributed by atoms with Crippen molar-refractivity contribution >= 4 is 22.9 Å². The lowest BCUT2D eigenvalue weighted by Gasteiger charge is -2.30. The number of carbonyl (C=O) groups excluding carboxylic acids is 1. The second-order valence-corrected chi connectivity index (χ2v) is 6.88. The van der Waals surface area contributed by atoms with E-state index in [4.69, 9.17) is 5.11 Å². The number of rotatable bonds is 4. The number of nitrogens with zero attached hydrogens (tertiary/aromatic N) is 3. The number of carboxylic acid groups (broad SMARTS) is 1. The molecule has 2 heterocycles. The van der Waals surface area contributed by atoms with Gasteiger partial charge < -0.3 is 14.6 Å². The molecule has 1 aliphatic heterocycles. The molecule has 7 nitrogen and oxygen atoms in total. The van der Waals surface area contributed by atoms with Gasteiger partial charge in [-0.25, -0.2) is 4.98 Å². The van der Waals surface area contributed by atoms with E-state index in [1.165, 1.54) is 0 Å². The van der Waals surface area contributed by atoms with Gasteiger partial charge in [-0.15, -0.1) is 0 Å². The lowest BCUT2D eigenvalue weighted by molar-refractivity contribution is -0.145. The highest BCUT2D eigenvalue weighted by Crippen LogP contribution is 2.19. The minimum atomic E-state index is -0.773. The summed E-state index contributed by atoms with van der Waals surface area (Å²) in [5.74, 6) is -1.05. The van der Waals surface area contributed by atoms with Gasteiger partial charge in [0.05, 0.1) is 17.0 Å². The zero-order valence-corrected chi connectivity index (χ0v) is 15.1. The number of likely N-dealkylation sites (tertiary alicyclic amines) is 1. The molecule has 1 aromatic carbocycles. The molecule has 0 atom stereocenters. The number of fused-ring (bicyclic) bond motifs is 1. The molecule has 0 unspecified atom stereocenters. The van der Waals surface area contributed by atoms with E-state index in [9.17, 15) is 14.4 Å². The molecule has 0 bridgehead atoms. The second-order valence-electron chi connectivity index (χ2n) is 6.88. The number of aryl methyl sites for hydroxylation is 3. The van der Waals surface area contributed by atoms with Crippen molar-refractivity contribution in [1.82, 2.24) is 14.5 Å². The minimum absolute atomic E-state index is 0.0542. The molecule has 1 saturated heterocycles. The van der Waals surface area contributed by atoms with Gasteiger partial charge in [0.15, 0.2) is 0 Å². The number of piperidine rings is 1. The molecule has 1 aromatic heterocycles. The topological polar surface area (TPSA) is 92.5 Å². The lowest BCUT2D eigenvalue weighted by Crippen LogP contribution is -2.40. The number of hydrogen-bond donors (Lipinski definition) is 1. The first kappa shape index (κ1) is 18.1. The molecular weight excluding hydrogens is 334 g/mol. The van der Waals surface area contributed by atoms with Gasteiger partial charge in [-0.2, -0.15) is 0 Å². The van der Waals surface area contributed by atoms with E-state index in [1.807, 2.05) is 18.2 Å². The van der Waals surface area contributed by atoms with Crippen LogP contribution in [0.4, 0.5) is 0 Å². The second kappa shape index (κ2) is 7.27. The van der Waals surface area contributed by atoms with Crippen LogP contribution in [0.25, 0.3) is 11.0 Å². The Labute approximate surface area is 151 Å². The maximum atomic E-state index is 12.4. The first-order chi connectivity index (χ1) is 12.4. The highest BCUT2D eigenvalue weighted by atomic mass is 16.4. The Hall–Kier alpha value is -2.70. The number of aliphatic carboxylic acids is 1. The van der Waals surface area contributed by atoms with Crippen LogP contribution >= 0.6 is 0 Å². The first-order valence-corrected chi connectivity index (χ1v) is 8.83. The fourth-order valence-electron chi connectivity index (χ4n) is 3.46. The van der Waals surface area contributed by atoms with E-state index in [2.05, 4.69) is 4.98 Å². The van der Waals surface area contributed by atoms with Crippen molar-refractivity contribution in [1.29, 1.82) is 0 Å². The van der Waals surface area contributed by atoms with Crippen LogP contribution in [0, 0.1) is 12.8 Å². The van der Waals surface area contributed by atoms with Crippen LogP contribution in [0.1, 0.15) is 30.5 Å². The number of hydrogen-bond acceptors (Lipinski definition) is 4. The van der Waals surface area contributed by atoms with Crippen molar-refractivity contribution in [3.8, 4) is 0 Å². The normalized spacial score (nSPS) is 15.4. The number of amides is 1. The molecule has 3 rings (SSSR count). The fraction of sp³-hybridized carbons (Fsp3) is 0.474. The summed E-state index contributed by atoms with van der Waals surface area (Å²) in [5.41, 5.74) is 2.86. The van der Waals surface area contributed by atoms with Crippen molar-refractivity contribution in [2.45, 2.75) is 32.6 Å². The minimum Gasteiger partial charge on any atom is -0.481 e. The summed E-state index contributed by atoms with van der Waals surface area (Å²) < 4.78 is 1.58. The average molecular weight is 357 g/mol. The van der Waals surface area contributed by atoms with E-state index in [1.54, 1.807) is 23.4 Å². The molecular formula is C19H23N3O4. The number of benzene rings is 1. The molecule has 26 heavy (non-hydrogen) atoms. The summed E-state index contributed by atoms with van der Waals surface area (Å²) in [6.07, 6.45) is 2.02. The summed E-state index contributed by atoms with van der Waals surface area (Å²) in [4.78, 5) is 41.4. The van der Waals surface area contributed by atoms with Gasteiger partial charge in [0.2, 0.25) is 5.91 Å². The van der Waals surface area contributed by atoms with Crippen LogP contribution < -0.4 is 5.56 Å². The van der Waals surface area contributed by atoms with Gasteiger partial charge in [0.25, 0.3) is 5.56 Å². The van der Waals surface area contributed by atoms with Crippen molar-refractivity contribution in [2.75, 3.05) is 13.1 Å². The average Bonchev–Trinajstić information content (AvgIpc) is 2.64. The Balaban J connectivity index is 1.65. The van der Waals surface area contributed by atoms with Crippen molar-refractivity contribution in [3.63, 3.8) is 0 Å². The summed E-state index contributed by atoms with van der Waals surface area (Å²) in [6, 6.07) is 5.70. The van der Waals surface area contributed by atoms with Crippen LogP contribution in [-0.2, 0) is 23.1 Å². The van der Waals surface area contributed by atoms with E-state index in [0.717, 1.165) is 16.6 Å². The van der Waals surface area contributed by atoms with E-state index in [-0.39, 0.29) is 17.4 Å². The van der Waals surface area contributed by atoms with Gasteiger partial charge in [0.1, 0.15) is 5.69 Å². The summed E-state index contributed by atoms with van der Waals surface area (Å²) in [7, 11) is 1.73. The first-order valence-electron chi connectivity index (χ1n) is 8.83. The lowest BCUT2D eigenvalue weighted by atomic mass is 9.96. The number of carboxylic acids is 1. The zero-order valence-electron chi connectivity index (χ0n) is 15.1. The Bertz CT molecular complexity index is 911. The third-order valence-electron chi connectivity index (χ3n) is 5.13. The molecule has 0 saturated carbocycles. The maximum absolute atomic E-state index is 12.4. The third-order valence-corrected chi connectivity index (χ3v) is 5.13. The van der Waals surface area contributed by atoms with Crippen LogP contribution in [0.3, 0.4) is 0 Å².